The van der Waals surface area contributed by atoms with Gasteiger partial charge in [-0.05, 0) is 0 Å². The molecule has 0 aliphatic rings. The van der Waals surface area contributed by atoms with Gasteiger partial charge in [0.15, 0.2) is 0 Å². The van der Waals surface area contributed by atoms with Crippen LogP contribution in [0.15, 0.2) is 0 Å². The van der Waals surface area contributed by atoms with Crippen molar-refractivity contribution in [3.63, 3.8) is 0 Å². The molecule has 0 aromatic heterocycles. The van der Waals surface area contributed by atoms with Crippen molar-refractivity contribution in [2.75, 3.05) is 0 Å². The molecule has 0 amide bonds. The molecule has 4 nitrogen and oxygen atoms in total. The zero-order chi connectivity index (χ0) is 4.50. The van der Waals surface area contributed by atoms with Gasteiger partial charge >= 0.3 is 38.8 Å². The summed E-state index contributed by atoms with van der Waals surface area (Å²) in [5.74, 6) is 0. The van der Waals surface area contributed by atoms with Crippen LogP contribution in [0, 0.1) is 0 Å². The number of hydrogen-bond donors (Lipinski definition) is 3. The second kappa shape index (κ2) is 3.16. The van der Waals surface area contributed by atoms with Crippen molar-refractivity contribution in [1.29, 1.82) is 0 Å². The topological polar surface area (TPSA) is 77.8 Å². The predicted octanol–water partition coefficient (Wildman–Crippen LogP) is -1.46. The summed E-state index contributed by atoms with van der Waals surface area (Å²) in [6.07, 6.45) is 0. The van der Waals surface area contributed by atoms with Crippen LogP contribution in [0.5, 0.6) is 0 Å². The van der Waals surface area contributed by atoms with E-state index in [1.807, 2.05) is 0 Å². The van der Waals surface area contributed by atoms with Crippen molar-refractivity contribution in [3.8, 4) is 0 Å². The summed E-state index contributed by atoms with van der Waals surface area (Å²) >= 11 is 0. The third kappa shape index (κ3) is 70.1. The molecule has 0 saturated carbocycles. The molecular weight excluding hydrogens is 118 g/mol. The molecule has 0 unspecified atom stereocenters. The molecule has 6 heavy (non-hydrogen) atoms. The van der Waals surface area contributed by atoms with E-state index in [1.54, 1.807) is 0 Å². The van der Waals surface area contributed by atoms with Gasteiger partial charge in [-0.15, -0.1) is 0 Å². The molecule has 0 heterocycles. The summed E-state index contributed by atoms with van der Waals surface area (Å²) in [5.41, 5.74) is 0. The molecule has 0 aliphatic carbocycles. The fraction of sp³-hybridized carbons (Fsp3) is 0. The number of hydrogen-bond acceptors (Lipinski definition) is 1. The summed E-state index contributed by atoms with van der Waals surface area (Å²) in [4.78, 5) is 21.6. The van der Waals surface area contributed by atoms with E-state index in [4.69, 9.17) is 19.2 Å². The fourth-order valence-electron chi connectivity index (χ4n) is 0. The Morgan fingerprint density at radius 2 is 1.33 bits per heavy atom. The van der Waals surface area contributed by atoms with E-state index in [9.17, 15) is 0 Å². The van der Waals surface area contributed by atoms with E-state index in [1.165, 1.54) is 0 Å². The standard InChI is InChI=1S/Na.H3O4P.H/c;1-5(2,3)4;/h;(H3,1,2,3,4);/p+1. The Labute approximate surface area is 58.2 Å². The third-order valence-corrected chi connectivity index (χ3v) is 0. The summed E-state index contributed by atoms with van der Waals surface area (Å²) in [5, 5.41) is 0. The molecule has 0 rings (SSSR count). The van der Waals surface area contributed by atoms with E-state index in [0.29, 0.717) is 0 Å². The van der Waals surface area contributed by atoms with Crippen LogP contribution in [-0.4, -0.2) is 44.2 Å². The quantitative estimate of drug-likeness (QED) is 0.271. The monoisotopic (exact) mass is 123 g/mol. The fourth-order valence-corrected chi connectivity index (χ4v) is 0. The van der Waals surface area contributed by atoms with Crippen LogP contribution in [0.2, 0.25) is 0 Å². The van der Waals surface area contributed by atoms with Crippen LogP contribution < -0.4 is 0 Å². The molecule has 0 saturated heterocycles. The summed E-state index contributed by atoms with van der Waals surface area (Å²) in [6.45, 7) is 0. The van der Waals surface area contributed by atoms with Crippen molar-refractivity contribution in [1.82, 2.24) is 0 Å². The molecule has 0 aromatic rings. The van der Waals surface area contributed by atoms with Gasteiger partial charge in [0, 0.05) is 0 Å². The molecule has 0 fully saturated rings. The average molecular weight is 123 g/mol. The minimum absolute atomic E-state index is 0. The molecule has 0 spiro atoms. The van der Waals surface area contributed by atoms with E-state index >= 15 is 0 Å². The predicted molar refractivity (Wildman–Crippen MR) is 22.5 cm³/mol. The van der Waals surface area contributed by atoms with Crippen molar-refractivity contribution >= 4 is 37.4 Å². The molecule has 0 aromatic carbocycles. The first-order valence-corrected chi connectivity index (χ1v) is 2.35. The van der Waals surface area contributed by atoms with Crippen molar-refractivity contribution in [2.24, 2.45) is 0 Å². The maximum atomic E-state index is 8.88. The summed E-state index contributed by atoms with van der Waals surface area (Å²) in [6, 6.07) is 0. The van der Waals surface area contributed by atoms with Crippen LogP contribution in [0.1, 0.15) is 1.43 Å². The van der Waals surface area contributed by atoms with Gasteiger partial charge in [0.25, 0.3) is 0 Å². The minimum atomic E-state index is -4.64. The van der Waals surface area contributed by atoms with Crippen molar-refractivity contribution in [2.45, 2.75) is 0 Å². The summed E-state index contributed by atoms with van der Waals surface area (Å²) in [7, 11) is -4.64. The Balaban J connectivity index is -0.0000000800. The SMILES string of the molecule is O=P(O)(O)O.[H+].[NaH]. The first-order valence-electron chi connectivity index (χ1n) is 0.783. The van der Waals surface area contributed by atoms with Gasteiger partial charge in [0.05, 0.1) is 0 Å². The number of phosphoric acid groups is 1. The zero-order valence-corrected chi connectivity index (χ0v) is 3.09. The number of rotatable bonds is 0. The van der Waals surface area contributed by atoms with Gasteiger partial charge in [-0.2, -0.15) is 0 Å². The molecule has 0 bridgehead atoms. The molecule has 34 valence electrons. The molecule has 0 radical (unpaired) electrons. The van der Waals surface area contributed by atoms with Crippen LogP contribution in [0.25, 0.3) is 0 Å². The normalized spacial score (nSPS) is 9.83. The first-order chi connectivity index (χ1) is 2.00. The van der Waals surface area contributed by atoms with Gasteiger partial charge in [-0.25, -0.2) is 4.57 Å². The second-order valence-electron chi connectivity index (χ2n) is 0.513. The van der Waals surface area contributed by atoms with Gasteiger partial charge in [-0.1, -0.05) is 0 Å². The van der Waals surface area contributed by atoms with E-state index < -0.39 is 7.82 Å². The molecule has 0 atom stereocenters. The van der Waals surface area contributed by atoms with E-state index in [2.05, 4.69) is 0 Å². The van der Waals surface area contributed by atoms with Crippen LogP contribution in [-0.2, 0) is 4.57 Å². The van der Waals surface area contributed by atoms with Crippen LogP contribution in [0.3, 0.4) is 0 Å². The van der Waals surface area contributed by atoms with Crippen LogP contribution in [0.4, 0.5) is 0 Å². The van der Waals surface area contributed by atoms with E-state index in [0.717, 1.165) is 0 Å². The van der Waals surface area contributed by atoms with Gasteiger partial charge in [0.2, 0.25) is 0 Å². The Hall–Kier alpha value is 1.11. The van der Waals surface area contributed by atoms with E-state index in [-0.39, 0.29) is 31.0 Å². The van der Waals surface area contributed by atoms with Crippen molar-refractivity contribution in [3.05, 3.63) is 0 Å². The Morgan fingerprint density at radius 3 is 1.33 bits per heavy atom. The maximum absolute atomic E-state index is 8.88. The summed E-state index contributed by atoms with van der Waals surface area (Å²) < 4.78 is 8.88. The molecular formula is H5NaO4P+. The molecule has 6 heteroatoms. The Bertz CT molecular complexity index is 57.8. The molecule has 3 N–H and O–H groups in total. The van der Waals surface area contributed by atoms with Gasteiger partial charge < -0.3 is 14.7 Å². The average Bonchev–Trinajstić information content (AvgIpc) is 0.722. The van der Waals surface area contributed by atoms with Gasteiger partial charge in [0.1, 0.15) is 0 Å². The second-order valence-corrected chi connectivity index (χ2v) is 1.54. The van der Waals surface area contributed by atoms with Crippen LogP contribution >= 0.6 is 7.82 Å². The first kappa shape index (κ1) is 10.2. The molecule has 0 aliphatic heterocycles. The Kier molecular flexibility index (Phi) is 5.35. The zero-order valence-electron chi connectivity index (χ0n) is 3.20. The van der Waals surface area contributed by atoms with Gasteiger partial charge in [-0.3, -0.25) is 0 Å². The Morgan fingerprint density at radius 1 is 1.33 bits per heavy atom. The van der Waals surface area contributed by atoms with Crippen molar-refractivity contribution < 1.29 is 20.7 Å². The third-order valence-electron chi connectivity index (χ3n) is 0.